The van der Waals surface area contributed by atoms with Gasteiger partial charge in [-0.2, -0.15) is 0 Å². The predicted molar refractivity (Wildman–Crippen MR) is 127 cm³/mol. The van der Waals surface area contributed by atoms with Gasteiger partial charge in [-0.25, -0.2) is 0 Å². The normalized spacial score (nSPS) is 15.2. The molecule has 0 saturated carbocycles. The highest BCUT2D eigenvalue weighted by atomic mass is 16.5. The first kappa shape index (κ1) is 23.6. The number of carbonyl (C=O) groups excluding carboxylic acids is 2. The van der Waals surface area contributed by atoms with E-state index in [0.717, 1.165) is 43.8 Å². The molecule has 32 heavy (non-hydrogen) atoms. The highest BCUT2D eigenvalue weighted by Crippen LogP contribution is 2.26. The molecule has 0 spiro atoms. The van der Waals surface area contributed by atoms with Crippen molar-refractivity contribution in [3.8, 4) is 5.75 Å². The zero-order chi connectivity index (χ0) is 22.9. The maximum Gasteiger partial charge on any atom is 0.222 e. The number of nitrogens with zero attached hydrogens (tertiary/aromatic N) is 2. The van der Waals surface area contributed by atoms with Gasteiger partial charge in [0.2, 0.25) is 11.8 Å². The zero-order valence-electron chi connectivity index (χ0n) is 19.2. The van der Waals surface area contributed by atoms with Crippen molar-refractivity contribution in [1.29, 1.82) is 0 Å². The Balaban J connectivity index is 1.50. The lowest BCUT2D eigenvalue weighted by atomic mass is 9.99. The molecule has 1 heterocycles. The second kappa shape index (κ2) is 11.6. The molecule has 1 aliphatic heterocycles. The zero-order valence-corrected chi connectivity index (χ0v) is 19.2. The summed E-state index contributed by atoms with van der Waals surface area (Å²) >= 11 is 0. The van der Waals surface area contributed by atoms with Crippen LogP contribution in [-0.2, 0) is 16.2 Å². The number of benzene rings is 2. The molecule has 1 aliphatic rings. The van der Waals surface area contributed by atoms with Gasteiger partial charge in [0.1, 0.15) is 12.4 Å². The van der Waals surface area contributed by atoms with Crippen LogP contribution in [0.15, 0.2) is 54.6 Å². The second-order valence-electron chi connectivity index (χ2n) is 8.65. The summed E-state index contributed by atoms with van der Waals surface area (Å²) in [5.41, 5.74) is 7.58. The number of primary amides is 1. The van der Waals surface area contributed by atoms with Crippen molar-refractivity contribution < 1.29 is 14.3 Å². The lowest BCUT2D eigenvalue weighted by molar-refractivity contribution is -0.133. The fourth-order valence-corrected chi connectivity index (χ4v) is 4.40. The van der Waals surface area contributed by atoms with Gasteiger partial charge in [0.15, 0.2) is 0 Å². The highest BCUT2D eigenvalue weighted by Gasteiger charge is 2.27. The smallest absolute Gasteiger partial charge is 0.222 e. The van der Waals surface area contributed by atoms with Crippen LogP contribution in [0, 0.1) is 5.92 Å². The maximum atomic E-state index is 12.6. The number of anilines is 1. The van der Waals surface area contributed by atoms with Gasteiger partial charge in [-0.15, -0.1) is 0 Å². The molecule has 0 aliphatic carbocycles. The number of hydrogen-bond acceptors (Lipinski definition) is 4. The number of nitrogens with two attached hydrogens (primary N) is 1. The molecule has 3 rings (SSSR count). The topological polar surface area (TPSA) is 75.9 Å². The molecule has 2 aromatic carbocycles. The predicted octanol–water partition coefficient (Wildman–Crippen LogP) is 3.98. The number of rotatable bonds is 10. The van der Waals surface area contributed by atoms with Crippen molar-refractivity contribution >= 4 is 17.5 Å². The van der Waals surface area contributed by atoms with Crippen molar-refractivity contribution in [3.05, 3.63) is 60.2 Å². The van der Waals surface area contributed by atoms with Crippen LogP contribution in [0.4, 0.5) is 5.69 Å². The SMILES string of the molecule is CCN(c1ccc(OCc2ccccc2)cc1)C1CCN(C(=O)CC(C)CC(N)=O)CC1. The number of ether oxygens (including phenoxy) is 1. The number of piperidine rings is 1. The van der Waals surface area contributed by atoms with Gasteiger partial charge in [0.25, 0.3) is 0 Å². The molecule has 6 nitrogen and oxygen atoms in total. The van der Waals surface area contributed by atoms with E-state index in [4.69, 9.17) is 10.5 Å². The van der Waals surface area contributed by atoms with Crippen molar-refractivity contribution in [2.75, 3.05) is 24.5 Å². The van der Waals surface area contributed by atoms with Gasteiger partial charge in [0.05, 0.1) is 0 Å². The first-order chi connectivity index (χ1) is 15.5. The Morgan fingerprint density at radius 1 is 1.06 bits per heavy atom. The number of likely N-dealkylation sites (tertiary alicyclic amines) is 1. The molecular formula is C26H35N3O3. The molecule has 1 saturated heterocycles. The Morgan fingerprint density at radius 2 is 1.72 bits per heavy atom. The lowest BCUT2D eigenvalue weighted by Crippen LogP contribution is -2.47. The Hall–Kier alpha value is -3.02. The van der Waals surface area contributed by atoms with E-state index in [1.54, 1.807) is 0 Å². The summed E-state index contributed by atoms with van der Waals surface area (Å²) in [5.74, 6) is 0.630. The summed E-state index contributed by atoms with van der Waals surface area (Å²) in [5, 5.41) is 0. The highest BCUT2D eigenvalue weighted by molar-refractivity contribution is 5.78. The third-order valence-corrected chi connectivity index (χ3v) is 6.09. The monoisotopic (exact) mass is 437 g/mol. The van der Waals surface area contributed by atoms with Crippen LogP contribution in [-0.4, -0.2) is 42.4 Å². The summed E-state index contributed by atoms with van der Waals surface area (Å²) in [6.45, 7) is 7.05. The average Bonchev–Trinajstić information content (AvgIpc) is 2.79. The van der Waals surface area contributed by atoms with Gasteiger partial charge >= 0.3 is 0 Å². The first-order valence-electron chi connectivity index (χ1n) is 11.6. The Bertz CT molecular complexity index is 862. The molecule has 1 unspecified atom stereocenters. The largest absolute Gasteiger partial charge is 0.489 e. The Kier molecular flexibility index (Phi) is 8.54. The first-order valence-corrected chi connectivity index (χ1v) is 11.6. The van der Waals surface area contributed by atoms with Gasteiger partial charge in [-0.3, -0.25) is 9.59 Å². The van der Waals surface area contributed by atoms with E-state index in [1.807, 2.05) is 42.2 Å². The quantitative estimate of drug-likeness (QED) is 0.610. The summed E-state index contributed by atoms with van der Waals surface area (Å²) < 4.78 is 5.91. The molecule has 1 atom stereocenters. The fourth-order valence-electron chi connectivity index (χ4n) is 4.40. The minimum atomic E-state index is -0.348. The third kappa shape index (κ3) is 6.74. The van der Waals surface area contributed by atoms with Crippen LogP contribution in [0.25, 0.3) is 0 Å². The standard InChI is InChI=1S/C26H35N3O3/c1-3-29(22-9-11-24(12-10-22)32-19-21-7-5-4-6-8-21)23-13-15-28(16-14-23)26(31)18-20(2)17-25(27)30/h4-12,20,23H,3,13-19H2,1-2H3,(H2,27,30). The Labute approximate surface area is 191 Å². The van der Waals surface area contributed by atoms with Gasteiger partial charge < -0.3 is 20.3 Å². The van der Waals surface area contributed by atoms with Crippen molar-refractivity contribution in [3.63, 3.8) is 0 Å². The van der Waals surface area contributed by atoms with Gasteiger partial charge in [-0.05, 0) is 55.5 Å². The van der Waals surface area contributed by atoms with Crippen LogP contribution in [0.2, 0.25) is 0 Å². The minimum Gasteiger partial charge on any atom is -0.489 e. The van der Waals surface area contributed by atoms with E-state index in [0.29, 0.717) is 19.1 Å². The summed E-state index contributed by atoms with van der Waals surface area (Å²) in [6.07, 6.45) is 2.53. The molecule has 0 bridgehead atoms. The van der Waals surface area contributed by atoms with E-state index in [9.17, 15) is 9.59 Å². The number of carbonyl (C=O) groups is 2. The summed E-state index contributed by atoms with van der Waals surface area (Å²) in [6, 6.07) is 18.8. The van der Waals surface area contributed by atoms with Gasteiger partial charge in [-0.1, -0.05) is 37.3 Å². The van der Waals surface area contributed by atoms with Crippen LogP contribution < -0.4 is 15.4 Å². The molecule has 2 amide bonds. The molecule has 172 valence electrons. The van der Waals surface area contributed by atoms with E-state index in [-0.39, 0.29) is 24.2 Å². The Morgan fingerprint density at radius 3 is 2.31 bits per heavy atom. The van der Waals surface area contributed by atoms with Crippen LogP contribution in [0.3, 0.4) is 0 Å². The fraction of sp³-hybridized carbons (Fsp3) is 0.462. The maximum absolute atomic E-state index is 12.6. The van der Waals surface area contributed by atoms with E-state index in [2.05, 4.69) is 36.1 Å². The molecule has 0 radical (unpaired) electrons. The van der Waals surface area contributed by atoms with Crippen LogP contribution in [0.1, 0.15) is 45.1 Å². The van der Waals surface area contributed by atoms with Gasteiger partial charge in [0, 0.05) is 44.2 Å². The van der Waals surface area contributed by atoms with E-state index >= 15 is 0 Å². The number of hydrogen-bond donors (Lipinski definition) is 1. The molecular weight excluding hydrogens is 402 g/mol. The molecule has 6 heteroatoms. The van der Waals surface area contributed by atoms with Crippen LogP contribution >= 0.6 is 0 Å². The van der Waals surface area contributed by atoms with Crippen LogP contribution in [0.5, 0.6) is 5.75 Å². The van der Waals surface area contributed by atoms with Crippen molar-refractivity contribution in [1.82, 2.24) is 4.90 Å². The van der Waals surface area contributed by atoms with Crippen molar-refractivity contribution in [2.24, 2.45) is 11.7 Å². The second-order valence-corrected chi connectivity index (χ2v) is 8.65. The summed E-state index contributed by atoms with van der Waals surface area (Å²) in [4.78, 5) is 28.0. The average molecular weight is 438 g/mol. The summed E-state index contributed by atoms with van der Waals surface area (Å²) in [7, 11) is 0. The molecule has 0 aromatic heterocycles. The molecule has 1 fully saturated rings. The van der Waals surface area contributed by atoms with Crippen molar-refractivity contribution in [2.45, 2.75) is 52.2 Å². The minimum absolute atomic E-state index is 0.00696. The van der Waals surface area contributed by atoms with E-state index < -0.39 is 0 Å². The van der Waals surface area contributed by atoms with E-state index in [1.165, 1.54) is 5.69 Å². The molecule has 2 aromatic rings. The number of amides is 2. The third-order valence-electron chi connectivity index (χ3n) is 6.09. The lowest BCUT2D eigenvalue weighted by Gasteiger charge is -2.39. The molecule has 2 N–H and O–H groups in total.